The molecule has 0 radical (unpaired) electrons. The second-order valence-electron chi connectivity index (χ2n) is 3.98. The zero-order chi connectivity index (χ0) is 17.7. The Bertz CT molecular complexity index is 666. The van der Waals surface area contributed by atoms with E-state index < -0.39 is 10.7 Å². The summed E-state index contributed by atoms with van der Waals surface area (Å²) in [5.74, 6) is 0. The van der Waals surface area contributed by atoms with Crippen LogP contribution in [0.1, 0.15) is 12.8 Å². The van der Waals surface area contributed by atoms with Crippen molar-refractivity contribution in [1.82, 2.24) is 0 Å². The van der Waals surface area contributed by atoms with E-state index in [1.54, 1.807) is 0 Å². The minimum Gasteiger partial charge on any atom is 0 e. The van der Waals surface area contributed by atoms with E-state index in [2.05, 4.69) is 48.6 Å². The summed E-state index contributed by atoms with van der Waals surface area (Å²) in [6.07, 6.45) is 19.0. The van der Waals surface area contributed by atoms with Crippen LogP contribution in [0.5, 0.6) is 0 Å². The molecule has 24 heavy (non-hydrogen) atoms. The van der Waals surface area contributed by atoms with E-state index in [9.17, 15) is 0 Å². The molecule has 0 saturated heterocycles. The minimum atomic E-state index is -6.17. The van der Waals surface area contributed by atoms with Crippen LogP contribution in [-0.4, -0.2) is 0 Å². The molecule has 0 aliphatic heterocycles. The second kappa shape index (κ2) is 9.16. The van der Waals surface area contributed by atoms with Crippen molar-refractivity contribution in [1.29, 1.82) is 31.6 Å². The molecule has 0 bridgehead atoms. The predicted octanol–water partition coefficient (Wildman–Crippen LogP) is 3.10. The Kier molecular flexibility index (Phi) is 8.86. The molecular formula is C16H12Fe2N6. The molecular weight excluding hydrogens is 388 g/mol. The molecule has 6 nitrogen and oxygen atoms in total. The van der Waals surface area contributed by atoms with Crippen molar-refractivity contribution in [3.8, 4) is 29.8 Å². The van der Waals surface area contributed by atoms with Gasteiger partial charge in [0, 0.05) is 17.1 Å². The van der Waals surface area contributed by atoms with Gasteiger partial charge < -0.3 is 0 Å². The normalized spacial score (nSPS) is 14.6. The molecule has 8 heteroatoms. The first-order valence-corrected chi connectivity index (χ1v) is 9.35. The van der Waals surface area contributed by atoms with Gasteiger partial charge in [0.1, 0.15) is 0 Å². The summed E-state index contributed by atoms with van der Waals surface area (Å²) in [6, 6.07) is 0. The summed E-state index contributed by atoms with van der Waals surface area (Å²) in [5.41, 5.74) is 0. The minimum absolute atomic E-state index is 0. The van der Waals surface area contributed by atoms with Crippen LogP contribution in [0.2, 0.25) is 0 Å². The smallest absolute Gasteiger partial charge is 0 e. The van der Waals surface area contributed by atoms with E-state index in [0.29, 0.717) is 0 Å². The monoisotopic (exact) mass is 400 g/mol. The molecule has 0 amide bonds. The maximum Gasteiger partial charge on any atom is 0 e. The summed E-state index contributed by atoms with van der Waals surface area (Å²) in [7, 11) is -6.17. The summed E-state index contributed by atoms with van der Waals surface area (Å²) in [4.78, 5) is 6.19. The molecule has 0 unspecified atom stereocenters. The predicted molar refractivity (Wildman–Crippen MR) is 79.5 cm³/mol. The van der Waals surface area contributed by atoms with Crippen molar-refractivity contribution >= 4 is 0 Å². The number of hydrogen-bond donors (Lipinski definition) is 0. The Hall–Kier alpha value is -3.06. The van der Waals surface area contributed by atoms with Crippen molar-refractivity contribution in [2.75, 3.05) is 0 Å². The Morgan fingerprint density at radius 1 is 0.500 bits per heavy atom. The SMILES string of the molecule is C1=CCC=C1.C1=CCC=C1.N#[C][Fe]([C]#N)([C]#N)([C]#N)([C]#N)[C]#N.[Fe]. The van der Waals surface area contributed by atoms with Crippen LogP contribution in [0.3, 0.4) is 0 Å². The molecule has 0 fully saturated rings. The molecule has 2 aliphatic rings. The first-order valence-electron chi connectivity index (χ1n) is 6.04. The van der Waals surface area contributed by atoms with Crippen molar-refractivity contribution in [3.05, 3.63) is 48.6 Å². The molecule has 0 aromatic carbocycles. The largest absolute Gasteiger partial charge is 0 e. The Labute approximate surface area is 150 Å². The molecule has 0 aromatic rings. The van der Waals surface area contributed by atoms with E-state index in [0.717, 1.165) is 42.6 Å². The van der Waals surface area contributed by atoms with Crippen LogP contribution in [0.15, 0.2) is 48.6 Å². The van der Waals surface area contributed by atoms with Gasteiger partial charge in [0.25, 0.3) is 0 Å². The van der Waals surface area contributed by atoms with Gasteiger partial charge in [-0.2, -0.15) is 0 Å². The quantitative estimate of drug-likeness (QED) is 0.572. The Morgan fingerprint density at radius 2 is 0.708 bits per heavy atom. The summed E-state index contributed by atoms with van der Waals surface area (Å²) >= 11 is 0. The Morgan fingerprint density at radius 3 is 0.750 bits per heavy atom. The van der Waals surface area contributed by atoms with Crippen molar-refractivity contribution in [2.45, 2.75) is 12.8 Å². The van der Waals surface area contributed by atoms with Gasteiger partial charge in [-0.3, -0.25) is 0 Å². The zero-order valence-electron chi connectivity index (χ0n) is 12.4. The fraction of sp³-hybridized carbons (Fsp3) is 0.125. The molecule has 0 heterocycles. The van der Waals surface area contributed by atoms with Gasteiger partial charge in [-0.05, 0) is 12.8 Å². The van der Waals surface area contributed by atoms with E-state index in [-0.39, 0.29) is 17.1 Å². The molecule has 0 N–H and O–H groups in total. The van der Waals surface area contributed by atoms with Crippen molar-refractivity contribution in [3.63, 3.8) is 0 Å². The standard InChI is InChI=1S/2C5H6.6CN.2Fe/c2*1-2-4-5-3-1;6*1-2;;/h2*1-4H,5H2;;;;;;;;. The van der Waals surface area contributed by atoms with E-state index >= 15 is 0 Å². The van der Waals surface area contributed by atoms with Gasteiger partial charge in [0.2, 0.25) is 0 Å². The number of allylic oxidation sites excluding steroid dienone is 8. The maximum atomic E-state index is 8.58. The molecule has 0 saturated carbocycles. The zero-order valence-corrected chi connectivity index (χ0v) is 14.6. The summed E-state index contributed by atoms with van der Waals surface area (Å²) in [5, 5.41) is 51.5. The van der Waals surface area contributed by atoms with E-state index in [1.165, 1.54) is 0 Å². The van der Waals surface area contributed by atoms with Crippen LogP contribution in [0, 0.1) is 61.4 Å². The number of rotatable bonds is 0. The number of nitrogens with zero attached hydrogens (tertiary/aromatic N) is 6. The van der Waals surface area contributed by atoms with Gasteiger partial charge in [-0.15, -0.1) is 0 Å². The fourth-order valence-corrected chi connectivity index (χ4v) is 1.88. The van der Waals surface area contributed by atoms with Gasteiger partial charge in [-0.1, -0.05) is 48.6 Å². The number of hydrogen-bond acceptors (Lipinski definition) is 6. The van der Waals surface area contributed by atoms with Gasteiger partial charge >= 0.3 is 72.1 Å². The first-order chi connectivity index (χ1) is 11.0. The van der Waals surface area contributed by atoms with Crippen LogP contribution in [0.25, 0.3) is 0 Å². The fourth-order valence-electron chi connectivity index (χ4n) is 1.05. The van der Waals surface area contributed by atoms with Crippen LogP contribution in [0.4, 0.5) is 0 Å². The second-order valence-corrected chi connectivity index (χ2v) is 9.61. The molecule has 0 atom stereocenters. The van der Waals surface area contributed by atoms with Crippen LogP contribution >= 0.6 is 0 Å². The maximum absolute atomic E-state index is 8.58. The van der Waals surface area contributed by atoms with Crippen molar-refractivity contribution in [2.24, 2.45) is 0 Å². The molecule has 2 aliphatic carbocycles. The third-order valence-corrected chi connectivity index (χ3v) is 6.20. The number of nitriles is 6. The van der Waals surface area contributed by atoms with E-state index in [4.69, 9.17) is 31.6 Å². The molecule has 2 rings (SSSR count). The third kappa shape index (κ3) is 4.47. The van der Waals surface area contributed by atoms with E-state index in [1.807, 2.05) is 0 Å². The van der Waals surface area contributed by atoms with Gasteiger partial charge in [0.15, 0.2) is 0 Å². The molecule has 122 valence electrons. The van der Waals surface area contributed by atoms with Crippen LogP contribution < -0.4 is 0 Å². The Balaban J connectivity index is 0. The van der Waals surface area contributed by atoms with Crippen LogP contribution in [-0.2, 0) is 27.8 Å². The molecule has 0 spiro atoms. The summed E-state index contributed by atoms with van der Waals surface area (Å²) in [6.45, 7) is 0. The average molecular weight is 400 g/mol. The first kappa shape index (κ1) is 23.2. The van der Waals surface area contributed by atoms with Gasteiger partial charge in [0.05, 0.1) is 0 Å². The van der Waals surface area contributed by atoms with Crippen molar-refractivity contribution < 1.29 is 27.8 Å². The topological polar surface area (TPSA) is 143 Å². The third-order valence-electron chi connectivity index (χ3n) is 2.50. The van der Waals surface area contributed by atoms with Gasteiger partial charge in [-0.25, -0.2) is 0 Å². The summed E-state index contributed by atoms with van der Waals surface area (Å²) < 4.78 is 0. The molecule has 0 aromatic heterocycles. The average Bonchev–Trinajstić information content (AvgIpc) is 3.38.